The molecule has 2 aromatic rings. The van der Waals surface area contributed by atoms with Crippen LogP contribution in [0.2, 0.25) is 0 Å². The molecule has 2 fully saturated rings. The summed E-state index contributed by atoms with van der Waals surface area (Å²) < 4.78 is 0. The van der Waals surface area contributed by atoms with Crippen molar-refractivity contribution in [3.05, 3.63) is 46.2 Å². The zero-order valence-electron chi connectivity index (χ0n) is 16.2. The molecule has 2 heterocycles. The molecule has 1 aromatic heterocycles. The SMILES string of the molecule is O=C(CCC1CCCC1)N1CCN(C(=O)c2cc(=O)[nH]c3ccccc23)CC1. The summed E-state index contributed by atoms with van der Waals surface area (Å²) in [6.45, 7) is 2.15. The number of hydrogen-bond donors (Lipinski definition) is 1. The molecular formula is C22H27N3O3. The predicted molar refractivity (Wildman–Crippen MR) is 108 cm³/mol. The van der Waals surface area contributed by atoms with Gasteiger partial charge in [-0.1, -0.05) is 43.9 Å². The van der Waals surface area contributed by atoms with Gasteiger partial charge in [0.15, 0.2) is 0 Å². The molecule has 1 aliphatic carbocycles. The first-order valence-electron chi connectivity index (χ1n) is 10.3. The summed E-state index contributed by atoms with van der Waals surface area (Å²) in [4.78, 5) is 43.8. The molecule has 1 saturated heterocycles. The minimum Gasteiger partial charge on any atom is -0.339 e. The standard InChI is InChI=1S/C22H27N3O3/c26-20-15-18(17-7-3-4-8-19(17)23-20)22(28)25-13-11-24(12-14-25)21(27)10-9-16-5-1-2-6-16/h3-4,7-8,15-16H,1-2,5-6,9-14H2,(H,23,26). The number of pyridine rings is 1. The average molecular weight is 381 g/mol. The highest BCUT2D eigenvalue weighted by molar-refractivity contribution is 6.06. The summed E-state index contributed by atoms with van der Waals surface area (Å²) in [6, 6.07) is 8.72. The number of carbonyl (C=O) groups is 2. The predicted octanol–water partition coefficient (Wildman–Crippen LogP) is 2.78. The molecule has 4 rings (SSSR count). The van der Waals surface area contributed by atoms with E-state index < -0.39 is 0 Å². The van der Waals surface area contributed by atoms with E-state index in [1.807, 2.05) is 23.1 Å². The maximum absolute atomic E-state index is 13.0. The van der Waals surface area contributed by atoms with Crippen molar-refractivity contribution >= 4 is 22.7 Å². The van der Waals surface area contributed by atoms with Crippen LogP contribution in [-0.2, 0) is 4.79 Å². The minimum absolute atomic E-state index is 0.139. The second-order valence-electron chi connectivity index (χ2n) is 7.95. The third-order valence-corrected chi connectivity index (χ3v) is 6.14. The van der Waals surface area contributed by atoms with E-state index >= 15 is 0 Å². The van der Waals surface area contributed by atoms with Gasteiger partial charge in [0, 0.05) is 49.6 Å². The van der Waals surface area contributed by atoms with Crippen LogP contribution in [0, 0.1) is 5.92 Å². The second kappa shape index (κ2) is 8.17. The monoisotopic (exact) mass is 381 g/mol. The van der Waals surface area contributed by atoms with Gasteiger partial charge in [0.2, 0.25) is 11.5 Å². The van der Waals surface area contributed by atoms with Crippen LogP contribution < -0.4 is 5.56 Å². The van der Waals surface area contributed by atoms with Crippen molar-refractivity contribution in [2.75, 3.05) is 26.2 Å². The van der Waals surface area contributed by atoms with Crippen LogP contribution in [0.1, 0.15) is 48.9 Å². The number of aromatic nitrogens is 1. The number of nitrogens with one attached hydrogen (secondary N) is 1. The first kappa shape index (κ1) is 18.7. The number of fused-ring (bicyclic) bond motifs is 1. The Kier molecular flexibility index (Phi) is 5.46. The third-order valence-electron chi connectivity index (χ3n) is 6.14. The molecule has 1 aromatic carbocycles. The molecule has 0 bridgehead atoms. The number of nitrogens with zero attached hydrogens (tertiary/aromatic N) is 2. The molecule has 1 N–H and O–H groups in total. The van der Waals surface area contributed by atoms with Crippen molar-refractivity contribution in [1.82, 2.24) is 14.8 Å². The van der Waals surface area contributed by atoms with Gasteiger partial charge in [-0.05, 0) is 18.4 Å². The largest absolute Gasteiger partial charge is 0.339 e. The van der Waals surface area contributed by atoms with Gasteiger partial charge in [-0.25, -0.2) is 0 Å². The van der Waals surface area contributed by atoms with E-state index in [1.165, 1.54) is 31.7 Å². The molecule has 0 radical (unpaired) electrons. The van der Waals surface area contributed by atoms with Gasteiger partial charge in [0.1, 0.15) is 0 Å². The molecule has 2 amide bonds. The van der Waals surface area contributed by atoms with Gasteiger partial charge < -0.3 is 14.8 Å². The van der Waals surface area contributed by atoms with Crippen molar-refractivity contribution in [2.24, 2.45) is 5.92 Å². The molecule has 1 saturated carbocycles. The third kappa shape index (κ3) is 3.96. The van der Waals surface area contributed by atoms with Gasteiger partial charge in [0.25, 0.3) is 5.91 Å². The summed E-state index contributed by atoms with van der Waals surface area (Å²) in [5.74, 6) is 0.789. The molecule has 0 unspecified atom stereocenters. The van der Waals surface area contributed by atoms with Crippen molar-refractivity contribution in [3.8, 4) is 0 Å². The zero-order chi connectivity index (χ0) is 19.5. The zero-order valence-corrected chi connectivity index (χ0v) is 16.2. The molecule has 6 heteroatoms. The first-order valence-corrected chi connectivity index (χ1v) is 10.3. The number of carbonyl (C=O) groups excluding carboxylic acids is 2. The van der Waals surface area contributed by atoms with Crippen LogP contribution in [0.4, 0.5) is 0 Å². The molecular weight excluding hydrogens is 354 g/mol. The molecule has 28 heavy (non-hydrogen) atoms. The second-order valence-corrected chi connectivity index (χ2v) is 7.95. The number of piperazine rings is 1. The normalized spacial score (nSPS) is 18.0. The summed E-state index contributed by atoms with van der Waals surface area (Å²) in [7, 11) is 0. The van der Waals surface area contributed by atoms with Crippen molar-refractivity contribution in [1.29, 1.82) is 0 Å². The number of aromatic amines is 1. The molecule has 0 spiro atoms. The van der Waals surface area contributed by atoms with Crippen molar-refractivity contribution < 1.29 is 9.59 Å². The maximum Gasteiger partial charge on any atom is 0.254 e. The lowest BCUT2D eigenvalue weighted by molar-refractivity contribution is -0.133. The van der Waals surface area contributed by atoms with E-state index in [0.29, 0.717) is 43.7 Å². The highest BCUT2D eigenvalue weighted by Gasteiger charge is 2.26. The van der Waals surface area contributed by atoms with E-state index in [9.17, 15) is 14.4 Å². The molecule has 2 aliphatic rings. The maximum atomic E-state index is 13.0. The lowest BCUT2D eigenvalue weighted by atomic mass is 10.0. The number of benzene rings is 1. The Balaban J connectivity index is 1.38. The van der Waals surface area contributed by atoms with Gasteiger partial charge in [-0.2, -0.15) is 0 Å². The molecule has 6 nitrogen and oxygen atoms in total. The first-order chi connectivity index (χ1) is 13.6. The minimum atomic E-state index is -0.275. The number of hydrogen-bond acceptors (Lipinski definition) is 3. The number of amides is 2. The van der Waals surface area contributed by atoms with Crippen LogP contribution in [-0.4, -0.2) is 52.8 Å². The number of H-pyrrole nitrogens is 1. The summed E-state index contributed by atoms with van der Waals surface area (Å²) in [5.41, 5.74) is 0.821. The van der Waals surface area contributed by atoms with Crippen LogP contribution in [0.5, 0.6) is 0 Å². The smallest absolute Gasteiger partial charge is 0.254 e. The fraction of sp³-hybridized carbons (Fsp3) is 0.500. The van der Waals surface area contributed by atoms with Crippen LogP contribution in [0.15, 0.2) is 35.1 Å². The van der Waals surface area contributed by atoms with Crippen LogP contribution in [0.25, 0.3) is 10.9 Å². The topological polar surface area (TPSA) is 73.5 Å². The highest BCUT2D eigenvalue weighted by atomic mass is 16.2. The Labute approximate surface area is 164 Å². The van der Waals surface area contributed by atoms with Crippen molar-refractivity contribution in [3.63, 3.8) is 0 Å². The average Bonchev–Trinajstić information content (AvgIpc) is 3.24. The molecule has 0 atom stereocenters. The summed E-state index contributed by atoms with van der Waals surface area (Å²) in [5, 5.41) is 0.752. The van der Waals surface area contributed by atoms with E-state index in [0.717, 1.165) is 17.7 Å². The van der Waals surface area contributed by atoms with Crippen LogP contribution in [0.3, 0.4) is 0 Å². The van der Waals surface area contributed by atoms with E-state index in [1.54, 1.807) is 11.0 Å². The molecule has 148 valence electrons. The Morgan fingerprint density at radius 2 is 1.68 bits per heavy atom. The van der Waals surface area contributed by atoms with Crippen LogP contribution >= 0.6 is 0 Å². The lowest BCUT2D eigenvalue weighted by Gasteiger charge is -2.35. The fourth-order valence-electron chi connectivity index (χ4n) is 4.50. The fourth-order valence-corrected chi connectivity index (χ4v) is 4.50. The van der Waals surface area contributed by atoms with Gasteiger partial charge in [-0.15, -0.1) is 0 Å². The number of para-hydroxylation sites is 1. The molecule has 1 aliphatic heterocycles. The van der Waals surface area contributed by atoms with E-state index in [4.69, 9.17) is 0 Å². The van der Waals surface area contributed by atoms with Crippen molar-refractivity contribution in [2.45, 2.75) is 38.5 Å². The quantitative estimate of drug-likeness (QED) is 0.885. The van der Waals surface area contributed by atoms with E-state index in [2.05, 4.69) is 4.98 Å². The number of rotatable bonds is 4. The Hall–Kier alpha value is -2.63. The highest BCUT2D eigenvalue weighted by Crippen LogP contribution is 2.28. The summed E-state index contributed by atoms with van der Waals surface area (Å²) >= 11 is 0. The van der Waals surface area contributed by atoms with Gasteiger partial charge in [-0.3, -0.25) is 14.4 Å². The lowest BCUT2D eigenvalue weighted by Crippen LogP contribution is -2.50. The Morgan fingerprint density at radius 3 is 2.43 bits per heavy atom. The summed E-state index contributed by atoms with van der Waals surface area (Å²) in [6.07, 6.45) is 6.75. The van der Waals surface area contributed by atoms with Gasteiger partial charge in [0.05, 0.1) is 5.56 Å². The Bertz CT molecular complexity index is 922. The van der Waals surface area contributed by atoms with E-state index in [-0.39, 0.29) is 17.4 Å². The Morgan fingerprint density at radius 1 is 1.00 bits per heavy atom. The van der Waals surface area contributed by atoms with Gasteiger partial charge >= 0.3 is 0 Å².